The van der Waals surface area contributed by atoms with Gasteiger partial charge >= 0.3 is 0 Å². The zero-order chi connectivity index (χ0) is 18.6. The average Bonchev–Trinajstić information content (AvgIpc) is 3.37. The Bertz CT molecular complexity index is 1080. The molecule has 4 aromatic rings. The minimum atomic E-state index is -0.436. The molecule has 4 rings (SSSR count). The lowest BCUT2D eigenvalue weighted by atomic mass is 10.3. The van der Waals surface area contributed by atoms with Crippen molar-refractivity contribution in [1.29, 1.82) is 0 Å². The Morgan fingerprint density at radius 1 is 0.852 bits per heavy atom. The van der Waals surface area contributed by atoms with E-state index in [1.54, 1.807) is 23.5 Å². The van der Waals surface area contributed by atoms with Gasteiger partial charge in [-0.1, -0.05) is 24.3 Å². The molecule has 0 saturated heterocycles. The largest absolute Gasteiger partial charge is 0.292 e. The van der Waals surface area contributed by atoms with E-state index in [0.717, 1.165) is 16.3 Å². The van der Waals surface area contributed by atoms with Crippen molar-refractivity contribution in [2.24, 2.45) is 10.2 Å². The standard InChI is InChI=1S/C20H14N4O2S/c25-24(26)17-10-8-15(9-11-17)21-22-20-13-12-18(19-7-4-14-27-19)23(20)16-5-2-1-3-6-16/h1-14H. The summed E-state index contributed by atoms with van der Waals surface area (Å²) < 4.78 is 2.04. The highest BCUT2D eigenvalue weighted by atomic mass is 32.1. The van der Waals surface area contributed by atoms with Gasteiger partial charge in [-0.2, -0.15) is 0 Å². The number of benzene rings is 2. The minimum Gasteiger partial charge on any atom is -0.292 e. The summed E-state index contributed by atoms with van der Waals surface area (Å²) in [5, 5.41) is 21.4. The van der Waals surface area contributed by atoms with Gasteiger partial charge in [0, 0.05) is 17.8 Å². The molecule has 0 fully saturated rings. The Kier molecular flexibility index (Phi) is 4.59. The first-order valence-corrected chi connectivity index (χ1v) is 9.07. The Labute approximate surface area is 159 Å². The number of hydrogen-bond acceptors (Lipinski definition) is 5. The molecular weight excluding hydrogens is 360 g/mol. The SMILES string of the molecule is O=[N+]([O-])c1ccc(N=Nc2ccc(-c3cccs3)n2-c2ccccc2)cc1. The number of non-ortho nitro benzene ring substituents is 1. The molecule has 0 N–H and O–H groups in total. The maximum atomic E-state index is 10.8. The highest BCUT2D eigenvalue weighted by Crippen LogP contribution is 2.34. The Hall–Kier alpha value is -3.58. The summed E-state index contributed by atoms with van der Waals surface area (Å²) >= 11 is 1.66. The maximum Gasteiger partial charge on any atom is 0.269 e. The van der Waals surface area contributed by atoms with E-state index in [1.807, 2.05) is 58.5 Å². The summed E-state index contributed by atoms with van der Waals surface area (Å²) in [5.41, 5.74) is 2.61. The molecule has 2 aromatic carbocycles. The molecule has 0 amide bonds. The number of thiophene rings is 1. The van der Waals surface area contributed by atoms with Crippen molar-refractivity contribution in [2.45, 2.75) is 0 Å². The van der Waals surface area contributed by atoms with Gasteiger partial charge in [-0.15, -0.1) is 21.6 Å². The van der Waals surface area contributed by atoms with Crippen molar-refractivity contribution in [3.05, 3.63) is 94.4 Å². The number of hydrogen-bond donors (Lipinski definition) is 0. The normalized spacial score (nSPS) is 11.1. The number of nitro groups is 1. The fraction of sp³-hybridized carbons (Fsp3) is 0. The summed E-state index contributed by atoms with van der Waals surface area (Å²) in [6.07, 6.45) is 0. The van der Waals surface area contributed by atoms with Crippen molar-refractivity contribution >= 4 is 28.5 Å². The highest BCUT2D eigenvalue weighted by molar-refractivity contribution is 7.13. The van der Waals surface area contributed by atoms with Crippen LogP contribution in [0.1, 0.15) is 0 Å². The summed E-state index contributed by atoms with van der Waals surface area (Å²) in [6.45, 7) is 0. The molecule has 0 bridgehead atoms. The molecule has 2 heterocycles. The first-order chi connectivity index (χ1) is 13.2. The lowest BCUT2D eigenvalue weighted by molar-refractivity contribution is -0.384. The number of nitrogens with zero attached hydrogens (tertiary/aromatic N) is 4. The molecule has 0 saturated carbocycles. The van der Waals surface area contributed by atoms with E-state index >= 15 is 0 Å². The van der Waals surface area contributed by atoms with Gasteiger partial charge in [0.25, 0.3) is 5.69 Å². The third-order valence-electron chi connectivity index (χ3n) is 3.98. The Morgan fingerprint density at radius 3 is 2.30 bits per heavy atom. The van der Waals surface area contributed by atoms with Gasteiger partial charge in [0.05, 0.1) is 21.2 Å². The van der Waals surface area contributed by atoms with Gasteiger partial charge in [0.15, 0.2) is 5.82 Å². The van der Waals surface area contributed by atoms with E-state index in [9.17, 15) is 10.1 Å². The van der Waals surface area contributed by atoms with Crippen molar-refractivity contribution < 1.29 is 4.92 Å². The Morgan fingerprint density at radius 2 is 1.63 bits per heavy atom. The van der Waals surface area contributed by atoms with Crippen LogP contribution in [0.5, 0.6) is 0 Å². The smallest absolute Gasteiger partial charge is 0.269 e. The molecule has 0 radical (unpaired) electrons. The third kappa shape index (κ3) is 3.54. The second-order valence-electron chi connectivity index (χ2n) is 5.70. The second-order valence-corrected chi connectivity index (χ2v) is 6.65. The number of para-hydroxylation sites is 1. The number of aromatic nitrogens is 1. The van der Waals surface area contributed by atoms with Crippen molar-refractivity contribution in [3.63, 3.8) is 0 Å². The molecule has 7 heteroatoms. The van der Waals surface area contributed by atoms with Crippen LogP contribution >= 0.6 is 11.3 Å². The van der Waals surface area contributed by atoms with Crippen LogP contribution in [-0.2, 0) is 0 Å². The maximum absolute atomic E-state index is 10.8. The Balaban J connectivity index is 1.73. The molecule has 0 spiro atoms. The fourth-order valence-electron chi connectivity index (χ4n) is 2.72. The minimum absolute atomic E-state index is 0.0293. The molecule has 0 aliphatic carbocycles. The third-order valence-corrected chi connectivity index (χ3v) is 4.87. The second kappa shape index (κ2) is 7.35. The predicted molar refractivity (Wildman–Crippen MR) is 106 cm³/mol. The molecule has 0 atom stereocenters. The van der Waals surface area contributed by atoms with E-state index in [4.69, 9.17) is 0 Å². The molecule has 27 heavy (non-hydrogen) atoms. The molecule has 6 nitrogen and oxygen atoms in total. The van der Waals surface area contributed by atoms with Crippen LogP contribution in [0.4, 0.5) is 17.2 Å². The first kappa shape index (κ1) is 16.9. The summed E-state index contributed by atoms with van der Waals surface area (Å²) in [4.78, 5) is 11.5. The van der Waals surface area contributed by atoms with Gasteiger partial charge in [-0.05, 0) is 47.8 Å². The topological polar surface area (TPSA) is 72.8 Å². The predicted octanol–water partition coefficient (Wildman–Crippen LogP) is 6.53. The first-order valence-electron chi connectivity index (χ1n) is 8.19. The lowest BCUT2D eigenvalue weighted by Crippen LogP contribution is -1.94. The molecular formula is C20H14N4O2S. The highest BCUT2D eigenvalue weighted by Gasteiger charge is 2.12. The fourth-order valence-corrected chi connectivity index (χ4v) is 3.46. The van der Waals surface area contributed by atoms with Crippen LogP contribution in [0.2, 0.25) is 0 Å². The number of rotatable bonds is 5. The van der Waals surface area contributed by atoms with Gasteiger partial charge < -0.3 is 0 Å². The lowest BCUT2D eigenvalue weighted by Gasteiger charge is -2.10. The molecule has 0 aliphatic rings. The molecule has 0 aliphatic heterocycles. The number of nitro benzene ring substituents is 1. The van der Waals surface area contributed by atoms with Crippen LogP contribution in [0.3, 0.4) is 0 Å². The van der Waals surface area contributed by atoms with E-state index in [1.165, 1.54) is 12.1 Å². The zero-order valence-corrected chi connectivity index (χ0v) is 14.9. The quantitative estimate of drug-likeness (QED) is 0.226. The molecule has 0 unspecified atom stereocenters. The van der Waals surface area contributed by atoms with E-state index in [0.29, 0.717) is 11.5 Å². The monoisotopic (exact) mass is 374 g/mol. The van der Waals surface area contributed by atoms with Gasteiger partial charge in [-0.3, -0.25) is 14.7 Å². The van der Waals surface area contributed by atoms with E-state index in [2.05, 4.69) is 16.3 Å². The summed E-state index contributed by atoms with van der Waals surface area (Å²) in [5.74, 6) is 0.683. The van der Waals surface area contributed by atoms with Gasteiger partial charge in [0.2, 0.25) is 0 Å². The van der Waals surface area contributed by atoms with Crippen LogP contribution in [0.15, 0.2) is 94.5 Å². The van der Waals surface area contributed by atoms with Gasteiger partial charge in [0.1, 0.15) is 0 Å². The number of azo groups is 1. The summed E-state index contributed by atoms with van der Waals surface area (Å²) in [6, 6.07) is 24.0. The van der Waals surface area contributed by atoms with Gasteiger partial charge in [-0.25, -0.2) is 0 Å². The zero-order valence-electron chi connectivity index (χ0n) is 14.1. The average molecular weight is 374 g/mol. The van der Waals surface area contributed by atoms with Crippen molar-refractivity contribution in [2.75, 3.05) is 0 Å². The van der Waals surface area contributed by atoms with Crippen molar-refractivity contribution in [1.82, 2.24) is 4.57 Å². The molecule has 132 valence electrons. The van der Waals surface area contributed by atoms with E-state index < -0.39 is 4.92 Å². The summed E-state index contributed by atoms with van der Waals surface area (Å²) in [7, 11) is 0. The van der Waals surface area contributed by atoms with E-state index in [-0.39, 0.29) is 5.69 Å². The van der Waals surface area contributed by atoms with Crippen LogP contribution in [-0.4, -0.2) is 9.49 Å². The van der Waals surface area contributed by atoms with Crippen molar-refractivity contribution in [3.8, 4) is 16.3 Å². The van der Waals surface area contributed by atoms with Crippen LogP contribution in [0.25, 0.3) is 16.3 Å². The van der Waals surface area contributed by atoms with Crippen LogP contribution in [0, 0.1) is 10.1 Å². The van der Waals surface area contributed by atoms with Crippen LogP contribution < -0.4 is 0 Å². The molecule has 2 aromatic heterocycles.